The van der Waals surface area contributed by atoms with Crippen molar-refractivity contribution in [3.05, 3.63) is 21.7 Å². The Morgan fingerprint density at radius 3 is 2.75 bits per heavy atom. The molecule has 0 N–H and O–H groups in total. The first kappa shape index (κ1) is 11.8. The summed E-state index contributed by atoms with van der Waals surface area (Å²) in [6, 6.07) is 3.89. The minimum atomic E-state index is -0.532. The fourth-order valence-corrected chi connectivity index (χ4v) is 2.40. The van der Waals surface area contributed by atoms with E-state index in [1.165, 1.54) is 0 Å². The molecular weight excluding hydrogens is 292 g/mol. The lowest BCUT2D eigenvalue weighted by atomic mass is 10.1. The number of aromatic nitrogens is 2. The summed E-state index contributed by atoms with van der Waals surface area (Å²) in [5, 5.41) is 3.92. The van der Waals surface area contributed by atoms with Crippen molar-refractivity contribution in [2.75, 3.05) is 7.11 Å². The molecule has 0 saturated carbocycles. The Morgan fingerprint density at radius 1 is 1.44 bits per heavy atom. The molecule has 0 radical (unpaired) electrons. The van der Waals surface area contributed by atoms with Crippen molar-refractivity contribution in [3.63, 3.8) is 0 Å². The van der Waals surface area contributed by atoms with Gasteiger partial charge in [0.2, 0.25) is 5.82 Å². The van der Waals surface area contributed by atoms with Gasteiger partial charge in [0.05, 0.1) is 8.66 Å². The van der Waals surface area contributed by atoms with Gasteiger partial charge in [-0.25, -0.2) is 0 Å². The van der Waals surface area contributed by atoms with Gasteiger partial charge in [-0.1, -0.05) is 5.16 Å². The van der Waals surface area contributed by atoms with Crippen molar-refractivity contribution >= 4 is 27.3 Å². The number of methoxy groups -OCH3 is 1. The molecule has 2 aromatic rings. The second-order valence-electron chi connectivity index (χ2n) is 3.74. The van der Waals surface area contributed by atoms with E-state index in [4.69, 9.17) is 9.26 Å². The Balaban J connectivity index is 2.33. The standard InChI is InChI=1S/C10H11BrN2O2S/c1-10(2,14-3)9-12-8(15-13-9)6-4-5-7(11)16-6/h4-5H,1-3H3. The lowest BCUT2D eigenvalue weighted by Gasteiger charge is -2.17. The molecule has 2 heterocycles. The molecule has 0 spiro atoms. The first-order valence-corrected chi connectivity index (χ1v) is 6.29. The van der Waals surface area contributed by atoms with Crippen LogP contribution < -0.4 is 0 Å². The minimum absolute atomic E-state index is 0.524. The van der Waals surface area contributed by atoms with Crippen LogP contribution in [0.5, 0.6) is 0 Å². The van der Waals surface area contributed by atoms with Crippen LogP contribution in [0.25, 0.3) is 10.8 Å². The summed E-state index contributed by atoms with van der Waals surface area (Å²) < 4.78 is 11.5. The predicted molar refractivity (Wildman–Crippen MR) is 65.3 cm³/mol. The number of hydrogen-bond donors (Lipinski definition) is 0. The molecule has 0 aliphatic carbocycles. The zero-order valence-electron chi connectivity index (χ0n) is 9.15. The van der Waals surface area contributed by atoms with Gasteiger partial charge >= 0.3 is 0 Å². The van der Waals surface area contributed by atoms with E-state index in [1.54, 1.807) is 18.4 Å². The maximum atomic E-state index is 5.29. The number of halogens is 1. The third-order valence-corrected chi connectivity index (χ3v) is 3.87. The third-order valence-electron chi connectivity index (χ3n) is 2.26. The highest BCUT2D eigenvalue weighted by molar-refractivity contribution is 9.11. The van der Waals surface area contributed by atoms with E-state index < -0.39 is 5.60 Å². The fraction of sp³-hybridized carbons (Fsp3) is 0.400. The fourth-order valence-electron chi connectivity index (χ4n) is 1.09. The van der Waals surface area contributed by atoms with Crippen LogP contribution >= 0.6 is 27.3 Å². The number of nitrogens with zero attached hydrogens (tertiary/aromatic N) is 2. The number of hydrogen-bond acceptors (Lipinski definition) is 5. The van der Waals surface area contributed by atoms with E-state index >= 15 is 0 Å². The van der Waals surface area contributed by atoms with E-state index in [0.717, 1.165) is 8.66 Å². The van der Waals surface area contributed by atoms with Crippen LogP contribution in [-0.4, -0.2) is 17.3 Å². The quantitative estimate of drug-likeness (QED) is 0.871. The zero-order chi connectivity index (χ0) is 11.8. The molecule has 0 aromatic carbocycles. The summed E-state index contributed by atoms with van der Waals surface area (Å²) in [5.74, 6) is 1.07. The monoisotopic (exact) mass is 302 g/mol. The van der Waals surface area contributed by atoms with Crippen LogP contribution in [-0.2, 0) is 10.3 Å². The largest absolute Gasteiger partial charge is 0.371 e. The summed E-state index contributed by atoms with van der Waals surface area (Å²) >= 11 is 4.95. The van der Waals surface area contributed by atoms with Gasteiger partial charge in [-0.2, -0.15) is 4.98 Å². The van der Waals surface area contributed by atoms with Crippen LogP contribution in [0.15, 0.2) is 20.4 Å². The van der Waals surface area contributed by atoms with Crippen molar-refractivity contribution in [1.82, 2.24) is 10.1 Å². The van der Waals surface area contributed by atoms with Crippen molar-refractivity contribution in [2.24, 2.45) is 0 Å². The van der Waals surface area contributed by atoms with Gasteiger partial charge in [0.25, 0.3) is 5.89 Å². The molecule has 0 saturated heterocycles. The molecule has 0 fully saturated rings. The average molecular weight is 303 g/mol. The third kappa shape index (κ3) is 2.18. The predicted octanol–water partition coefficient (Wildman–Crippen LogP) is 3.44. The Kier molecular flexibility index (Phi) is 3.14. The molecule has 0 aliphatic heterocycles. The van der Waals surface area contributed by atoms with E-state index in [9.17, 15) is 0 Å². The van der Waals surface area contributed by atoms with Crippen molar-refractivity contribution in [2.45, 2.75) is 19.4 Å². The number of thiophene rings is 1. The molecule has 2 aromatic heterocycles. The van der Waals surface area contributed by atoms with Crippen LogP contribution in [0.2, 0.25) is 0 Å². The van der Waals surface area contributed by atoms with Crippen LogP contribution in [0, 0.1) is 0 Å². The topological polar surface area (TPSA) is 48.2 Å². The second-order valence-corrected chi connectivity index (χ2v) is 6.20. The first-order chi connectivity index (χ1) is 7.53. The Hall–Kier alpha value is -0.720. The van der Waals surface area contributed by atoms with Gasteiger partial charge in [-0.05, 0) is 41.9 Å². The van der Waals surface area contributed by atoms with Gasteiger partial charge in [0.1, 0.15) is 5.60 Å². The molecule has 6 heteroatoms. The molecule has 0 aliphatic rings. The second kappa shape index (κ2) is 4.27. The average Bonchev–Trinajstić information content (AvgIpc) is 2.85. The molecule has 0 atom stereocenters. The van der Waals surface area contributed by atoms with E-state index in [1.807, 2.05) is 26.0 Å². The van der Waals surface area contributed by atoms with Gasteiger partial charge in [0.15, 0.2) is 0 Å². The molecule has 86 valence electrons. The lowest BCUT2D eigenvalue weighted by molar-refractivity contribution is 0.00973. The molecule has 2 rings (SSSR count). The molecule has 4 nitrogen and oxygen atoms in total. The molecule has 0 unspecified atom stereocenters. The van der Waals surface area contributed by atoms with Crippen molar-refractivity contribution < 1.29 is 9.26 Å². The van der Waals surface area contributed by atoms with Crippen LogP contribution in [0.1, 0.15) is 19.7 Å². The van der Waals surface area contributed by atoms with Gasteiger partial charge in [-0.15, -0.1) is 11.3 Å². The van der Waals surface area contributed by atoms with Gasteiger partial charge < -0.3 is 9.26 Å². The highest BCUT2D eigenvalue weighted by atomic mass is 79.9. The van der Waals surface area contributed by atoms with Gasteiger partial charge in [0, 0.05) is 7.11 Å². The highest BCUT2D eigenvalue weighted by Crippen LogP contribution is 2.31. The van der Waals surface area contributed by atoms with Crippen molar-refractivity contribution in [3.8, 4) is 10.8 Å². The van der Waals surface area contributed by atoms with E-state index in [-0.39, 0.29) is 0 Å². The first-order valence-electron chi connectivity index (χ1n) is 4.68. The Bertz CT molecular complexity index is 492. The van der Waals surface area contributed by atoms with E-state index in [0.29, 0.717) is 11.7 Å². The number of ether oxygens (including phenoxy) is 1. The normalized spacial score (nSPS) is 12.0. The minimum Gasteiger partial charge on any atom is -0.371 e. The molecule has 0 amide bonds. The van der Waals surface area contributed by atoms with Crippen LogP contribution in [0.4, 0.5) is 0 Å². The Labute approximate surface area is 106 Å². The zero-order valence-corrected chi connectivity index (χ0v) is 11.6. The molecular formula is C10H11BrN2O2S. The SMILES string of the molecule is COC(C)(C)c1noc(-c2ccc(Br)s2)n1. The summed E-state index contributed by atoms with van der Waals surface area (Å²) in [4.78, 5) is 5.27. The summed E-state index contributed by atoms with van der Waals surface area (Å²) in [5.41, 5.74) is -0.532. The smallest absolute Gasteiger partial charge is 0.268 e. The summed E-state index contributed by atoms with van der Waals surface area (Å²) in [6.45, 7) is 3.79. The van der Waals surface area contributed by atoms with Crippen molar-refractivity contribution in [1.29, 1.82) is 0 Å². The summed E-state index contributed by atoms with van der Waals surface area (Å²) in [7, 11) is 1.62. The highest BCUT2D eigenvalue weighted by Gasteiger charge is 2.26. The van der Waals surface area contributed by atoms with Gasteiger partial charge in [-0.3, -0.25) is 0 Å². The summed E-state index contributed by atoms with van der Waals surface area (Å²) in [6.07, 6.45) is 0. The lowest BCUT2D eigenvalue weighted by Crippen LogP contribution is -2.21. The maximum absolute atomic E-state index is 5.29. The van der Waals surface area contributed by atoms with E-state index in [2.05, 4.69) is 26.1 Å². The van der Waals surface area contributed by atoms with Crippen LogP contribution in [0.3, 0.4) is 0 Å². The number of rotatable bonds is 3. The molecule has 0 bridgehead atoms. The molecule has 16 heavy (non-hydrogen) atoms. The Morgan fingerprint density at radius 2 is 2.19 bits per heavy atom. The maximum Gasteiger partial charge on any atom is 0.268 e.